The molecule has 159 valence electrons. The van der Waals surface area contributed by atoms with Crippen molar-refractivity contribution in [2.45, 2.75) is 49.6 Å². The summed E-state index contributed by atoms with van der Waals surface area (Å²) in [4.78, 5) is 4.47. The Labute approximate surface area is 185 Å². The van der Waals surface area contributed by atoms with Crippen molar-refractivity contribution in [3.8, 4) is 16.9 Å². The molecule has 2 unspecified atom stereocenters. The third-order valence-corrected chi connectivity index (χ3v) is 7.81. The predicted molar refractivity (Wildman–Crippen MR) is 121 cm³/mol. The standard InChI is InChI=1S/C25H24ClFN3O/c26-19-7-17(8-20(27)23(19)31)16-1-2-21-18(6-16)22(3-4-29-21)30-25-11-14-5-15(12-25)10-24(28,9-14)13-25/h1-2,4,6-8,14-15,31H,5,9-13,28H2,(H,29,30). The van der Waals surface area contributed by atoms with E-state index in [-0.39, 0.29) is 16.1 Å². The molecule has 4 saturated carbocycles. The lowest BCUT2D eigenvalue weighted by Gasteiger charge is -2.61. The molecule has 0 spiro atoms. The predicted octanol–water partition coefficient (Wildman–Crippen LogP) is 5.66. The highest BCUT2D eigenvalue weighted by molar-refractivity contribution is 6.32. The minimum atomic E-state index is -0.736. The number of hydrogen-bond donors (Lipinski definition) is 3. The van der Waals surface area contributed by atoms with Gasteiger partial charge in [0.25, 0.3) is 0 Å². The molecule has 6 heteroatoms. The minimum Gasteiger partial charge on any atom is -0.504 e. The Morgan fingerprint density at radius 2 is 1.90 bits per heavy atom. The van der Waals surface area contributed by atoms with Crippen molar-refractivity contribution in [2.75, 3.05) is 5.32 Å². The Bertz CT molecular complexity index is 1180. The van der Waals surface area contributed by atoms with Gasteiger partial charge >= 0.3 is 0 Å². The fourth-order valence-electron chi connectivity index (χ4n) is 6.85. The SMILES string of the molecule is NC12CC3CC(C1)CC(Nc1[c]cnc4ccc(-c5cc(F)c(O)c(Cl)c5)cc14)(C3)C2. The quantitative estimate of drug-likeness (QED) is 0.495. The zero-order valence-electron chi connectivity index (χ0n) is 17.1. The van der Waals surface area contributed by atoms with E-state index in [4.69, 9.17) is 17.3 Å². The Morgan fingerprint density at radius 1 is 1.13 bits per heavy atom. The summed E-state index contributed by atoms with van der Waals surface area (Å²) in [6, 6.07) is 12.0. The summed E-state index contributed by atoms with van der Waals surface area (Å²) < 4.78 is 14.1. The number of nitrogens with zero attached hydrogens (tertiary/aromatic N) is 1. The van der Waals surface area contributed by atoms with Crippen molar-refractivity contribution in [1.29, 1.82) is 0 Å². The summed E-state index contributed by atoms with van der Waals surface area (Å²) in [5.74, 6) is 0.135. The molecule has 0 amide bonds. The second-order valence-corrected chi connectivity index (χ2v) is 10.4. The van der Waals surface area contributed by atoms with Gasteiger partial charge < -0.3 is 16.2 Å². The maximum atomic E-state index is 14.1. The van der Waals surface area contributed by atoms with Crippen LogP contribution in [0.3, 0.4) is 0 Å². The lowest BCUT2D eigenvalue weighted by atomic mass is 9.50. The van der Waals surface area contributed by atoms with Crippen LogP contribution in [-0.2, 0) is 0 Å². The van der Waals surface area contributed by atoms with Crippen LogP contribution in [0.1, 0.15) is 38.5 Å². The van der Waals surface area contributed by atoms with E-state index in [1.54, 1.807) is 12.3 Å². The van der Waals surface area contributed by atoms with Crippen LogP contribution in [0.2, 0.25) is 5.02 Å². The fraction of sp³-hybridized carbons (Fsp3) is 0.400. The summed E-state index contributed by atoms with van der Waals surface area (Å²) in [5.41, 5.74) is 9.92. The van der Waals surface area contributed by atoms with E-state index in [0.29, 0.717) is 17.4 Å². The van der Waals surface area contributed by atoms with Gasteiger partial charge in [-0.25, -0.2) is 4.39 Å². The summed E-state index contributed by atoms with van der Waals surface area (Å²) in [6.45, 7) is 0. The van der Waals surface area contributed by atoms with Crippen molar-refractivity contribution >= 4 is 28.2 Å². The molecule has 2 atom stereocenters. The molecule has 1 aromatic heterocycles. The number of benzene rings is 2. The van der Waals surface area contributed by atoms with E-state index in [2.05, 4.69) is 16.4 Å². The van der Waals surface area contributed by atoms with E-state index >= 15 is 0 Å². The van der Waals surface area contributed by atoms with Gasteiger partial charge in [0.1, 0.15) is 0 Å². The number of fused-ring (bicyclic) bond motifs is 1. The van der Waals surface area contributed by atoms with E-state index in [9.17, 15) is 9.50 Å². The van der Waals surface area contributed by atoms with Gasteiger partial charge in [-0.3, -0.25) is 4.98 Å². The number of aromatic nitrogens is 1. The number of halogens is 2. The Kier molecular flexibility index (Phi) is 4.09. The second kappa shape index (κ2) is 6.57. The number of hydrogen-bond acceptors (Lipinski definition) is 4. The number of nitrogens with one attached hydrogen (secondary N) is 1. The van der Waals surface area contributed by atoms with E-state index in [1.807, 2.05) is 18.2 Å². The third kappa shape index (κ3) is 3.17. The Balaban J connectivity index is 1.41. The number of nitrogens with two attached hydrogens (primary N) is 1. The van der Waals surface area contributed by atoms with Gasteiger partial charge in [0.2, 0.25) is 0 Å². The Hall–Kier alpha value is -2.37. The smallest absolute Gasteiger partial charge is 0.170 e. The molecular weight excluding hydrogens is 413 g/mol. The molecule has 1 radical (unpaired) electrons. The van der Waals surface area contributed by atoms with Gasteiger partial charge in [-0.2, -0.15) is 0 Å². The van der Waals surface area contributed by atoms with Crippen molar-refractivity contribution in [3.63, 3.8) is 0 Å². The maximum absolute atomic E-state index is 14.1. The number of rotatable bonds is 3. The third-order valence-electron chi connectivity index (χ3n) is 7.53. The first-order valence-electron chi connectivity index (χ1n) is 10.9. The van der Waals surface area contributed by atoms with Crippen LogP contribution in [0.15, 0.2) is 36.5 Å². The molecule has 4 aliphatic rings. The molecule has 0 saturated heterocycles. The normalized spacial score (nSPS) is 31.3. The van der Waals surface area contributed by atoms with Crippen LogP contribution in [0.25, 0.3) is 22.0 Å². The monoisotopic (exact) mass is 436 g/mol. The summed E-state index contributed by atoms with van der Waals surface area (Å²) in [6.07, 6.45) is 8.59. The zero-order chi connectivity index (χ0) is 21.4. The largest absolute Gasteiger partial charge is 0.504 e. The molecule has 4 bridgehead atoms. The highest BCUT2D eigenvalue weighted by Gasteiger charge is 2.56. The lowest BCUT2D eigenvalue weighted by molar-refractivity contribution is -0.00771. The van der Waals surface area contributed by atoms with Gasteiger partial charge in [0, 0.05) is 28.7 Å². The number of pyridine rings is 1. The Morgan fingerprint density at radius 3 is 2.61 bits per heavy atom. The summed E-state index contributed by atoms with van der Waals surface area (Å²) in [7, 11) is 0. The molecule has 7 rings (SSSR count). The maximum Gasteiger partial charge on any atom is 0.170 e. The van der Waals surface area contributed by atoms with Crippen LogP contribution in [0.4, 0.5) is 10.1 Å². The van der Waals surface area contributed by atoms with Crippen LogP contribution < -0.4 is 11.1 Å². The number of anilines is 1. The first-order chi connectivity index (χ1) is 14.8. The number of phenols is 1. The molecule has 4 nitrogen and oxygen atoms in total. The first kappa shape index (κ1) is 19.3. The average molecular weight is 437 g/mol. The molecule has 31 heavy (non-hydrogen) atoms. The topological polar surface area (TPSA) is 71.2 Å². The van der Waals surface area contributed by atoms with Crippen LogP contribution in [-0.4, -0.2) is 21.2 Å². The van der Waals surface area contributed by atoms with E-state index in [1.165, 1.54) is 12.5 Å². The summed E-state index contributed by atoms with van der Waals surface area (Å²) >= 11 is 6.00. The van der Waals surface area contributed by atoms with Gasteiger partial charge in [0.15, 0.2) is 11.6 Å². The number of aromatic hydroxyl groups is 1. The van der Waals surface area contributed by atoms with Gasteiger partial charge in [-0.1, -0.05) is 17.7 Å². The molecule has 4 aliphatic carbocycles. The second-order valence-electron chi connectivity index (χ2n) is 10.0. The van der Waals surface area contributed by atoms with Crippen molar-refractivity contribution < 1.29 is 9.50 Å². The van der Waals surface area contributed by atoms with Crippen molar-refractivity contribution in [3.05, 3.63) is 53.4 Å². The zero-order valence-corrected chi connectivity index (χ0v) is 17.8. The molecule has 2 aromatic carbocycles. The van der Waals surface area contributed by atoms with Crippen LogP contribution in [0.5, 0.6) is 5.75 Å². The molecule has 4 fully saturated rings. The van der Waals surface area contributed by atoms with E-state index in [0.717, 1.165) is 54.3 Å². The number of phenolic OH excluding ortho intramolecular Hbond substituents is 1. The van der Waals surface area contributed by atoms with Gasteiger partial charge in [-0.05, 0) is 85.8 Å². The lowest BCUT2D eigenvalue weighted by Crippen LogP contribution is -2.65. The first-order valence-corrected chi connectivity index (χ1v) is 11.3. The van der Waals surface area contributed by atoms with Gasteiger partial charge in [-0.15, -0.1) is 0 Å². The minimum absolute atomic E-state index is 0.00648. The average Bonchev–Trinajstić information content (AvgIpc) is 2.69. The van der Waals surface area contributed by atoms with Crippen LogP contribution >= 0.6 is 11.6 Å². The van der Waals surface area contributed by atoms with Crippen molar-refractivity contribution in [1.82, 2.24) is 4.98 Å². The fourth-order valence-corrected chi connectivity index (χ4v) is 7.06. The molecule has 3 aromatic rings. The van der Waals surface area contributed by atoms with Crippen LogP contribution in [0, 0.1) is 23.7 Å². The molecule has 0 aliphatic heterocycles. The molecular formula is C25H24ClFN3O. The molecule has 1 heterocycles. The van der Waals surface area contributed by atoms with Crippen molar-refractivity contribution in [2.24, 2.45) is 17.6 Å². The molecule has 4 N–H and O–H groups in total. The van der Waals surface area contributed by atoms with E-state index < -0.39 is 11.6 Å². The highest BCUT2D eigenvalue weighted by Crippen LogP contribution is 2.57. The highest BCUT2D eigenvalue weighted by atomic mass is 35.5. The van der Waals surface area contributed by atoms with Gasteiger partial charge in [0.05, 0.1) is 16.2 Å². The summed E-state index contributed by atoms with van der Waals surface area (Å²) in [5, 5.41) is 14.4.